The van der Waals surface area contributed by atoms with Crippen LogP contribution in [0.2, 0.25) is 0 Å². The maximum Gasteiger partial charge on any atom is 0.277 e. The molecule has 0 aliphatic rings. The van der Waals surface area contributed by atoms with Crippen molar-refractivity contribution in [3.63, 3.8) is 0 Å². The predicted molar refractivity (Wildman–Crippen MR) is 97.1 cm³/mol. The van der Waals surface area contributed by atoms with Gasteiger partial charge in [-0.2, -0.15) is 0 Å². The van der Waals surface area contributed by atoms with Crippen LogP contribution in [0, 0.1) is 5.82 Å². The van der Waals surface area contributed by atoms with Gasteiger partial charge in [-0.1, -0.05) is 54.2 Å². The van der Waals surface area contributed by atoms with E-state index in [4.69, 9.17) is 4.42 Å². The molecule has 2 aromatic carbocycles. The molecule has 134 valence electrons. The van der Waals surface area contributed by atoms with Crippen molar-refractivity contribution < 1.29 is 13.6 Å². The molecule has 3 rings (SSSR count). The van der Waals surface area contributed by atoms with Crippen molar-refractivity contribution in [1.29, 1.82) is 0 Å². The zero-order chi connectivity index (χ0) is 18.4. The number of benzene rings is 2. The lowest BCUT2D eigenvalue weighted by atomic mass is 10.2. The van der Waals surface area contributed by atoms with Gasteiger partial charge >= 0.3 is 0 Å². The van der Waals surface area contributed by atoms with Gasteiger partial charge in [0.2, 0.25) is 11.8 Å². The van der Waals surface area contributed by atoms with E-state index in [9.17, 15) is 9.18 Å². The molecule has 0 aliphatic heterocycles. The quantitative estimate of drug-likeness (QED) is 0.643. The average molecular weight is 371 g/mol. The fourth-order valence-corrected chi connectivity index (χ4v) is 2.99. The maximum absolute atomic E-state index is 12.9. The highest BCUT2D eigenvalue weighted by molar-refractivity contribution is 8.00. The van der Waals surface area contributed by atoms with Gasteiger partial charge in [0.25, 0.3) is 5.22 Å². The summed E-state index contributed by atoms with van der Waals surface area (Å²) in [4.78, 5) is 12.2. The van der Waals surface area contributed by atoms with Crippen LogP contribution in [0.3, 0.4) is 0 Å². The molecule has 0 fully saturated rings. The Morgan fingerprint density at radius 1 is 1.12 bits per heavy atom. The molecule has 0 aliphatic carbocycles. The van der Waals surface area contributed by atoms with E-state index >= 15 is 0 Å². The van der Waals surface area contributed by atoms with E-state index in [0.717, 1.165) is 11.1 Å². The molecular weight excluding hydrogens is 353 g/mol. The standard InChI is InChI=1S/C19H18FN3O2S/c1-13(18(24)21-12-15-7-9-16(20)10-8-15)26-19-23-22-17(25-19)11-14-5-3-2-4-6-14/h2-10,13H,11-12H2,1H3,(H,21,24)/t13-/m0/s1. The third-order valence-corrected chi connectivity index (χ3v) is 4.61. The van der Waals surface area contributed by atoms with Gasteiger partial charge in [0.1, 0.15) is 5.82 Å². The largest absolute Gasteiger partial charge is 0.416 e. The smallest absolute Gasteiger partial charge is 0.277 e. The molecule has 0 bridgehead atoms. The summed E-state index contributed by atoms with van der Waals surface area (Å²) in [5.41, 5.74) is 1.91. The van der Waals surface area contributed by atoms with Crippen LogP contribution in [0.25, 0.3) is 0 Å². The number of hydrogen-bond donors (Lipinski definition) is 1. The van der Waals surface area contributed by atoms with Gasteiger partial charge in [-0.15, -0.1) is 10.2 Å². The number of nitrogens with one attached hydrogen (secondary N) is 1. The first-order valence-corrected chi connectivity index (χ1v) is 9.03. The molecule has 1 atom stereocenters. The third-order valence-electron chi connectivity index (χ3n) is 3.67. The van der Waals surface area contributed by atoms with E-state index in [-0.39, 0.29) is 17.0 Å². The van der Waals surface area contributed by atoms with Crippen molar-refractivity contribution in [3.8, 4) is 0 Å². The van der Waals surface area contributed by atoms with Crippen LogP contribution in [0.1, 0.15) is 23.9 Å². The third kappa shape index (κ3) is 5.16. The lowest BCUT2D eigenvalue weighted by Gasteiger charge is -2.09. The molecule has 0 radical (unpaired) electrons. The molecule has 5 nitrogen and oxygen atoms in total. The summed E-state index contributed by atoms with van der Waals surface area (Å²) in [6.07, 6.45) is 0.555. The summed E-state index contributed by atoms with van der Waals surface area (Å²) in [6, 6.07) is 15.8. The summed E-state index contributed by atoms with van der Waals surface area (Å²) in [6.45, 7) is 2.11. The zero-order valence-corrected chi connectivity index (χ0v) is 15.0. The summed E-state index contributed by atoms with van der Waals surface area (Å²) in [5, 5.41) is 10.8. The second-order valence-electron chi connectivity index (χ2n) is 5.73. The number of rotatable bonds is 7. The summed E-state index contributed by atoms with van der Waals surface area (Å²) < 4.78 is 18.5. The Morgan fingerprint density at radius 2 is 1.85 bits per heavy atom. The number of nitrogens with zero attached hydrogens (tertiary/aromatic N) is 2. The Labute approximate surface area is 155 Å². The summed E-state index contributed by atoms with van der Waals surface area (Å²) >= 11 is 1.21. The van der Waals surface area contributed by atoms with Gasteiger partial charge in [0.05, 0.1) is 11.7 Å². The minimum Gasteiger partial charge on any atom is -0.416 e. The molecule has 3 aromatic rings. The van der Waals surface area contributed by atoms with E-state index in [1.807, 2.05) is 30.3 Å². The Morgan fingerprint density at radius 3 is 2.58 bits per heavy atom. The molecule has 0 spiro atoms. The normalized spacial score (nSPS) is 11.9. The van der Waals surface area contributed by atoms with E-state index in [2.05, 4.69) is 15.5 Å². The molecule has 0 unspecified atom stereocenters. The highest BCUT2D eigenvalue weighted by Gasteiger charge is 2.18. The van der Waals surface area contributed by atoms with Crippen LogP contribution in [0.15, 0.2) is 64.2 Å². The molecule has 1 aromatic heterocycles. The number of thioether (sulfide) groups is 1. The second kappa shape index (κ2) is 8.62. The number of amides is 1. The first kappa shape index (κ1) is 18.1. The van der Waals surface area contributed by atoms with E-state index in [1.54, 1.807) is 19.1 Å². The highest BCUT2D eigenvalue weighted by Crippen LogP contribution is 2.22. The first-order valence-electron chi connectivity index (χ1n) is 8.15. The number of carbonyl (C=O) groups excluding carboxylic acids is 1. The predicted octanol–water partition coefficient (Wildman–Crippen LogP) is 3.60. The zero-order valence-electron chi connectivity index (χ0n) is 14.2. The van der Waals surface area contributed by atoms with Gasteiger partial charge in [-0.3, -0.25) is 4.79 Å². The molecule has 7 heteroatoms. The molecule has 0 saturated heterocycles. The van der Waals surface area contributed by atoms with Crippen LogP contribution < -0.4 is 5.32 Å². The van der Waals surface area contributed by atoms with E-state index in [1.165, 1.54) is 23.9 Å². The maximum atomic E-state index is 12.9. The number of hydrogen-bond acceptors (Lipinski definition) is 5. The summed E-state index contributed by atoms with van der Waals surface area (Å²) in [7, 11) is 0. The number of halogens is 1. The lowest BCUT2D eigenvalue weighted by molar-refractivity contribution is -0.120. The lowest BCUT2D eigenvalue weighted by Crippen LogP contribution is -2.30. The Kier molecular flexibility index (Phi) is 6.01. The number of aromatic nitrogens is 2. The highest BCUT2D eigenvalue weighted by atomic mass is 32.2. The fraction of sp³-hybridized carbons (Fsp3) is 0.211. The van der Waals surface area contributed by atoms with Crippen LogP contribution in [-0.2, 0) is 17.8 Å². The summed E-state index contributed by atoms with van der Waals surface area (Å²) in [5.74, 6) is 0.0615. The van der Waals surface area contributed by atoms with Crippen molar-refractivity contribution in [2.75, 3.05) is 0 Å². The first-order chi connectivity index (χ1) is 12.6. The van der Waals surface area contributed by atoms with Crippen molar-refractivity contribution in [2.24, 2.45) is 0 Å². The van der Waals surface area contributed by atoms with Gasteiger partial charge < -0.3 is 9.73 Å². The van der Waals surface area contributed by atoms with Crippen molar-refractivity contribution in [3.05, 3.63) is 77.4 Å². The van der Waals surface area contributed by atoms with E-state index in [0.29, 0.717) is 24.1 Å². The van der Waals surface area contributed by atoms with Gasteiger partial charge in [-0.25, -0.2) is 4.39 Å². The monoisotopic (exact) mass is 371 g/mol. The molecule has 1 amide bonds. The molecule has 1 heterocycles. The molecule has 1 N–H and O–H groups in total. The van der Waals surface area contributed by atoms with Gasteiger partial charge in [-0.05, 0) is 30.2 Å². The van der Waals surface area contributed by atoms with E-state index < -0.39 is 0 Å². The topological polar surface area (TPSA) is 68.0 Å². The average Bonchev–Trinajstić information content (AvgIpc) is 3.08. The fourth-order valence-electron chi connectivity index (χ4n) is 2.27. The molecule has 26 heavy (non-hydrogen) atoms. The minimum atomic E-state index is -0.388. The Hall–Kier alpha value is -2.67. The van der Waals surface area contributed by atoms with Crippen LogP contribution in [0.5, 0.6) is 0 Å². The van der Waals surface area contributed by atoms with Crippen molar-refractivity contribution in [2.45, 2.75) is 30.4 Å². The van der Waals surface area contributed by atoms with Gasteiger partial charge in [0, 0.05) is 6.54 Å². The van der Waals surface area contributed by atoms with Crippen molar-refractivity contribution in [1.82, 2.24) is 15.5 Å². The second-order valence-corrected chi connectivity index (χ2v) is 7.02. The Balaban J connectivity index is 1.50. The van der Waals surface area contributed by atoms with Crippen LogP contribution in [0.4, 0.5) is 4.39 Å². The van der Waals surface area contributed by atoms with Gasteiger partial charge in [0.15, 0.2) is 0 Å². The molecular formula is C19H18FN3O2S. The Bertz CT molecular complexity index is 853. The van der Waals surface area contributed by atoms with Crippen molar-refractivity contribution >= 4 is 17.7 Å². The van der Waals surface area contributed by atoms with Crippen LogP contribution in [-0.4, -0.2) is 21.4 Å². The van der Waals surface area contributed by atoms with Crippen LogP contribution >= 0.6 is 11.8 Å². The molecule has 0 saturated carbocycles. The SMILES string of the molecule is C[C@H](Sc1nnc(Cc2ccccc2)o1)C(=O)NCc1ccc(F)cc1. The minimum absolute atomic E-state index is 0.151. The number of carbonyl (C=O) groups is 1.